The molecule has 0 aromatic heterocycles. The minimum atomic E-state index is -0.0172. The zero-order valence-electron chi connectivity index (χ0n) is 12.6. The van der Waals surface area contributed by atoms with Gasteiger partial charge in [-0.2, -0.15) is 0 Å². The number of urea groups is 1. The van der Waals surface area contributed by atoms with Crippen molar-refractivity contribution >= 4 is 6.03 Å². The molecule has 1 saturated carbocycles. The fourth-order valence-electron chi connectivity index (χ4n) is 2.94. The van der Waals surface area contributed by atoms with Crippen LogP contribution in [0.25, 0.3) is 0 Å². The molecule has 0 aliphatic heterocycles. The van der Waals surface area contributed by atoms with E-state index in [2.05, 4.69) is 48.7 Å². The number of rotatable bonds is 4. The molecule has 2 N–H and O–H groups in total. The predicted octanol–water partition coefficient (Wildman–Crippen LogP) is 3.42. The number of carbonyl (C=O) groups is 1. The second kappa shape index (κ2) is 7.32. The lowest BCUT2D eigenvalue weighted by molar-refractivity contribution is 0.222. The summed E-state index contributed by atoms with van der Waals surface area (Å²) in [6.07, 6.45) is 5.77. The van der Waals surface area contributed by atoms with Crippen LogP contribution in [0.5, 0.6) is 0 Å². The van der Waals surface area contributed by atoms with Crippen molar-refractivity contribution in [2.24, 2.45) is 5.92 Å². The molecule has 0 radical (unpaired) electrons. The summed E-state index contributed by atoms with van der Waals surface area (Å²) in [7, 11) is 0. The Hall–Kier alpha value is -1.51. The van der Waals surface area contributed by atoms with E-state index < -0.39 is 0 Å². The van der Waals surface area contributed by atoms with Crippen molar-refractivity contribution in [3.8, 4) is 0 Å². The van der Waals surface area contributed by atoms with Crippen LogP contribution in [0.2, 0.25) is 0 Å². The number of nitrogens with one attached hydrogen (secondary N) is 2. The Morgan fingerprint density at radius 1 is 1.30 bits per heavy atom. The standard InChI is InChI=1S/C17H26N2O/c1-13-6-5-8-15(12-13)10-11-18-17(20)19-16-9-4-3-7-14(16)2/h5-6,8,12,14,16H,3-4,7,9-11H2,1-2H3,(H2,18,19,20). The van der Waals surface area contributed by atoms with E-state index in [4.69, 9.17) is 0 Å². The first kappa shape index (κ1) is 14.9. The van der Waals surface area contributed by atoms with Gasteiger partial charge < -0.3 is 10.6 Å². The summed E-state index contributed by atoms with van der Waals surface area (Å²) in [5, 5.41) is 6.08. The van der Waals surface area contributed by atoms with E-state index in [-0.39, 0.29) is 6.03 Å². The summed E-state index contributed by atoms with van der Waals surface area (Å²) in [5.41, 5.74) is 2.54. The highest BCUT2D eigenvalue weighted by molar-refractivity contribution is 5.74. The number of hydrogen-bond donors (Lipinski definition) is 2. The first-order valence-corrected chi connectivity index (χ1v) is 7.75. The van der Waals surface area contributed by atoms with Gasteiger partial charge >= 0.3 is 6.03 Å². The summed E-state index contributed by atoms with van der Waals surface area (Å²) in [4.78, 5) is 11.9. The Labute approximate surface area is 122 Å². The van der Waals surface area contributed by atoms with E-state index in [0.29, 0.717) is 18.5 Å². The Morgan fingerprint density at radius 2 is 2.10 bits per heavy atom. The van der Waals surface area contributed by atoms with E-state index >= 15 is 0 Å². The summed E-state index contributed by atoms with van der Waals surface area (Å²) in [6, 6.07) is 8.76. The summed E-state index contributed by atoms with van der Waals surface area (Å²) >= 11 is 0. The SMILES string of the molecule is Cc1cccc(CCNC(=O)NC2CCCCC2C)c1. The van der Waals surface area contributed by atoms with Crippen molar-refractivity contribution in [1.82, 2.24) is 10.6 Å². The lowest BCUT2D eigenvalue weighted by atomic mass is 9.86. The maximum absolute atomic E-state index is 11.9. The number of benzene rings is 1. The Bertz CT molecular complexity index is 444. The zero-order chi connectivity index (χ0) is 14.4. The third kappa shape index (κ3) is 4.55. The summed E-state index contributed by atoms with van der Waals surface area (Å²) < 4.78 is 0. The molecular formula is C17H26N2O. The highest BCUT2D eigenvalue weighted by atomic mass is 16.2. The maximum atomic E-state index is 11.9. The van der Waals surface area contributed by atoms with Crippen LogP contribution < -0.4 is 10.6 Å². The summed E-state index contributed by atoms with van der Waals surface area (Å²) in [5.74, 6) is 0.603. The molecule has 0 bridgehead atoms. The zero-order valence-corrected chi connectivity index (χ0v) is 12.6. The third-order valence-corrected chi connectivity index (χ3v) is 4.21. The van der Waals surface area contributed by atoms with Crippen molar-refractivity contribution < 1.29 is 4.79 Å². The second-order valence-corrected chi connectivity index (χ2v) is 6.01. The van der Waals surface area contributed by atoms with Gasteiger partial charge in [-0.3, -0.25) is 0 Å². The average Bonchev–Trinajstić information content (AvgIpc) is 2.41. The molecule has 20 heavy (non-hydrogen) atoms. The van der Waals surface area contributed by atoms with E-state index in [1.54, 1.807) is 0 Å². The van der Waals surface area contributed by atoms with Crippen LogP contribution in [0.4, 0.5) is 4.79 Å². The molecule has 3 heteroatoms. The number of carbonyl (C=O) groups excluding carboxylic acids is 1. The average molecular weight is 274 g/mol. The van der Waals surface area contributed by atoms with Gasteiger partial charge in [0.25, 0.3) is 0 Å². The van der Waals surface area contributed by atoms with Gasteiger partial charge in [0.1, 0.15) is 0 Å². The normalized spacial score (nSPS) is 22.3. The Kier molecular flexibility index (Phi) is 5.45. The quantitative estimate of drug-likeness (QED) is 0.868. The molecule has 2 unspecified atom stereocenters. The minimum absolute atomic E-state index is 0.0172. The van der Waals surface area contributed by atoms with Gasteiger partial charge in [0.15, 0.2) is 0 Å². The maximum Gasteiger partial charge on any atom is 0.315 e. The largest absolute Gasteiger partial charge is 0.338 e. The van der Waals surface area contributed by atoms with Crippen molar-refractivity contribution in [2.75, 3.05) is 6.54 Å². The molecule has 0 heterocycles. The van der Waals surface area contributed by atoms with Crippen LogP contribution in [0, 0.1) is 12.8 Å². The van der Waals surface area contributed by atoms with Crippen molar-refractivity contribution in [3.05, 3.63) is 35.4 Å². The van der Waals surface area contributed by atoms with Gasteiger partial charge in [-0.25, -0.2) is 4.79 Å². The molecule has 2 atom stereocenters. The lowest BCUT2D eigenvalue weighted by Crippen LogP contribution is -2.46. The first-order valence-electron chi connectivity index (χ1n) is 7.75. The molecule has 1 aliphatic rings. The topological polar surface area (TPSA) is 41.1 Å². The third-order valence-electron chi connectivity index (χ3n) is 4.21. The van der Waals surface area contributed by atoms with Gasteiger partial charge in [0.2, 0.25) is 0 Å². The Morgan fingerprint density at radius 3 is 2.85 bits per heavy atom. The number of amides is 2. The van der Waals surface area contributed by atoms with Crippen LogP contribution >= 0.6 is 0 Å². The molecule has 0 saturated heterocycles. The smallest absolute Gasteiger partial charge is 0.315 e. The van der Waals surface area contributed by atoms with E-state index in [1.807, 2.05) is 0 Å². The second-order valence-electron chi connectivity index (χ2n) is 6.01. The van der Waals surface area contributed by atoms with Crippen LogP contribution in [-0.2, 0) is 6.42 Å². The van der Waals surface area contributed by atoms with Gasteiger partial charge in [0, 0.05) is 12.6 Å². The van der Waals surface area contributed by atoms with Gasteiger partial charge in [-0.05, 0) is 37.7 Å². The molecule has 2 amide bonds. The molecule has 110 valence electrons. The van der Waals surface area contributed by atoms with Crippen molar-refractivity contribution in [3.63, 3.8) is 0 Å². The highest BCUT2D eigenvalue weighted by Gasteiger charge is 2.22. The number of hydrogen-bond acceptors (Lipinski definition) is 1. The number of aryl methyl sites for hydroxylation is 1. The minimum Gasteiger partial charge on any atom is -0.338 e. The van der Waals surface area contributed by atoms with Gasteiger partial charge in [0.05, 0.1) is 0 Å². The van der Waals surface area contributed by atoms with Crippen LogP contribution in [0.1, 0.15) is 43.7 Å². The van der Waals surface area contributed by atoms with Gasteiger partial charge in [-0.1, -0.05) is 49.6 Å². The van der Waals surface area contributed by atoms with E-state index in [1.165, 1.54) is 30.4 Å². The van der Waals surface area contributed by atoms with Crippen LogP contribution in [-0.4, -0.2) is 18.6 Å². The molecular weight excluding hydrogens is 248 g/mol. The lowest BCUT2D eigenvalue weighted by Gasteiger charge is -2.29. The van der Waals surface area contributed by atoms with Crippen molar-refractivity contribution in [1.29, 1.82) is 0 Å². The molecule has 3 nitrogen and oxygen atoms in total. The highest BCUT2D eigenvalue weighted by Crippen LogP contribution is 2.23. The molecule has 1 aliphatic carbocycles. The van der Waals surface area contributed by atoms with Crippen LogP contribution in [0.3, 0.4) is 0 Å². The van der Waals surface area contributed by atoms with E-state index in [9.17, 15) is 4.79 Å². The van der Waals surface area contributed by atoms with Crippen molar-refractivity contribution in [2.45, 2.75) is 52.0 Å². The monoisotopic (exact) mass is 274 g/mol. The summed E-state index contributed by atoms with van der Waals surface area (Å²) in [6.45, 7) is 5.02. The molecule has 1 aromatic rings. The van der Waals surface area contributed by atoms with Crippen LogP contribution in [0.15, 0.2) is 24.3 Å². The van der Waals surface area contributed by atoms with E-state index in [0.717, 1.165) is 12.8 Å². The first-order chi connectivity index (χ1) is 9.65. The molecule has 0 spiro atoms. The molecule has 1 fully saturated rings. The van der Waals surface area contributed by atoms with Gasteiger partial charge in [-0.15, -0.1) is 0 Å². The predicted molar refractivity (Wildman–Crippen MR) is 82.8 cm³/mol. The fraction of sp³-hybridized carbons (Fsp3) is 0.588. The molecule has 2 rings (SSSR count). The fourth-order valence-corrected chi connectivity index (χ4v) is 2.94. The molecule has 1 aromatic carbocycles. The Balaban J connectivity index is 1.70.